The van der Waals surface area contributed by atoms with Crippen molar-refractivity contribution in [3.8, 4) is 0 Å². The Morgan fingerprint density at radius 1 is 1.50 bits per heavy atom. The smallest absolute Gasteiger partial charge is 0.220 e. The van der Waals surface area contributed by atoms with Crippen LogP contribution in [0.1, 0.15) is 33.1 Å². The van der Waals surface area contributed by atoms with Crippen molar-refractivity contribution in [2.45, 2.75) is 39.2 Å². The van der Waals surface area contributed by atoms with Gasteiger partial charge in [0.1, 0.15) is 0 Å². The molecule has 1 N–H and O–H groups in total. The summed E-state index contributed by atoms with van der Waals surface area (Å²) in [6.07, 6.45) is 3.04. The Morgan fingerprint density at radius 2 is 2.17 bits per heavy atom. The second-order valence-corrected chi connectivity index (χ2v) is 4.41. The van der Waals surface area contributed by atoms with Gasteiger partial charge in [0.15, 0.2) is 0 Å². The van der Waals surface area contributed by atoms with Crippen LogP contribution in [0.15, 0.2) is 0 Å². The zero-order valence-corrected chi connectivity index (χ0v) is 8.41. The highest BCUT2D eigenvalue weighted by molar-refractivity contribution is 5.85. The number of nitrogens with one attached hydrogen (secondary N) is 1. The minimum atomic E-state index is 0. The summed E-state index contributed by atoms with van der Waals surface area (Å²) in [5.74, 6) is 1.04. The molecule has 12 heavy (non-hydrogen) atoms. The summed E-state index contributed by atoms with van der Waals surface area (Å²) >= 11 is 0. The van der Waals surface area contributed by atoms with Gasteiger partial charge in [-0.15, -0.1) is 12.4 Å². The highest BCUT2D eigenvalue weighted by atomic mass is 35.5. The predicted molar refractivity (Wildman–Crippen MR) is 50.3 cm³/mol. The van der Waals surface area contributed by atoms with Crippen LogP contribution in [0.3, 0.4) is 0 Å². The summed E-state index contributed by atoms with van der Waals surface area (Å²) in [7, 11) is 0. The number of hydrogen-bond acceptors (Lipinski definition) is 1. The molecule has 3 heteroatoms. The second kappa shape index (κ2) is 2.91. The number of hydrogen-bond donors (Lipinski definition) is 1. The van der Waals surface area contributed by atoms with E-state index in [0.29, 0.717) is 11.5 Å². The molecule has 2 atom stereocenters. The molecule has 3 aliphatic rings. The van der Waals surface area contributed by atoms with Crippen LogP contribution in [0.5, 0.6) is 0 Å². The maximum Gasteiger partial charge on any atom is 0.220 e. The van der Waals surface area contributed by atoms with Gasteiger partial charge in [0, 0.05) is 12.5 Å². The van der Waals surface area contributed by atoms with Crippen LogP contribution in [-0.4, -0.2) is 11.9 Å². The van der Waals surface area contributed by atoms with Crippen molar-refractivity contribution >= 4 is 18.3 Å². The summed E-state index contributed by atoms with van der Waals surface area (Å²) in [4.78, 5) is 11.1. The molecule has 0 unspecified atom stereocenters. The lowest BCUT2D eigenvalue weighted by molar-refractivity contribution is -0.122. The first-order valence-corrected chi connectivity index (χ1v) is 4.40. The lowest BCUT2D eigenvalue weighted by atomic mass is 9.58. The van der Waals surface area contributed by atoms with E-state index in [-0.39, 0.29) is 18.3 Å². The number of halogens is 1. The van der Waals surface area contributed by atoms with Crippen LogP contribution in [0.4, 0.5) is 0 Å². The molecule has 3 rings (SSSR count). The van der Waals surface area contributed by atoms with E-state index in [4.69, 9.17) is 0 Å². The molecule has 1 aliphatic carbocycles. The lowest BCUT2D eigenvalue weighted by Gasteiger charge is -2.50. The minimum absolute atomic E-state index is 0. The van der Waals surface area contributed by atoms with Gasteiger partial charge in [-0.2, -0.15) is 0 Å². The van der Waals surface area contributed by atoms with Crippen molar-refractivity contribution in [2.75, 3.05) is 0 Å². The minimum Gasteiger partial charge on any atom is -0.353 e. The van der Waals surface area contributed by atoms with E-state index in [2.05, 4.69) is 19.2 Å². The van der Waals surface area contributed by atoms with E-state index >= 15 is 0 Å². The first-order valence-electron chi connectivity index (χ1n) is 4.40. The van der Waals surface area contributed by atoms with E-state index in [1.165, 1.54) is 6.42 Å². The highest BCUT2D eigenvalue weighted by Crippen LogP contribution is 2.49. The van der Waals surface area contributed by atoms with Gasteiger partial charge in [-0.25, -0.2) is 0 Å². The average molecular weight is 190 g/mol. The molecule has 2 aliphatic heterocycles. The van der Waals surface area contributed by atoms with Crippen molar-refractivity contribution < 1.29 is 4.79 Å². The first kappa shape index (κ1) is 9.85. The molecule has 2 heterocycles. The van der Waals surface area contributed by atoms with Crippen LogP contribution in [-0.2, 0) is 4.79 Å². The summed E-state index contributed by atoms with van der Waals surface area (Å²) in [5, 5.41) is 3.06. The Labute approximate surface area is 79.5 Å². The lowest BCUT2D eigenvalue weighted by Crippen LogP contribution is -2.55. The molecule has 0 aromatic heterocycles. The number of carbonyl (C=O) groups excluding carboxylic acids is 1. The molecule has 3 fully saturated rings. The highest BCUT2D eigenvalue weighted by Gasteiger charge is 2.49. The molecule has 70 valence electrons. The van der Waals surface area contributed by atoms with Crippen molar-refractivity contribution in [1.29, 1.82) is 0 Å². The van der Waals surface area contributed by atoms with E-state index < -0.39 is 0 Å². The molecular formula is C9H16ClNO. The summed E-state index contributed by atoms with van der Waals surface area (Å²) in [6, 6.07) is 0.461. The van der Waals surface area contributed by atoms with Crippen molar-refractivity contribution in [3.05, 3.63) is 0 Å². The largest absolute Gasteiger partial charge is 0.353 e. The molecule has 0 aromatic carbocycles. The van der Waals surface area contributed by atoms with Gasteiger partial charge in [0.2, 0.25) is 5.91 Å². The van der Waals surface area contributed by atoms with Crippen LogP contribution >= 0.6 is 12.4 Å². The molecule has 2 saturated heterocycles. The quantitative estimate of drug-likeness (QED) is 0.618. The van der Waals surface area contributed by atoms with Crippen LogP contribution < -0.4 is 5.32 Å². The number of rotatable bonds is 0. The van der Waals surface area contributed by atoms with Crippen molar-refractivity contribution in [3.63, 3.8) is 0 Å². The maximum atomic E-state index is 11.1. The normalized spacial score (nSPS) is 37.0. The third-order valence-corrected chi connectivity index (χ3v) is 3.53. The fourth-order valence-corrected chi connectivity index (χ4v) is 2.32. The average Bonchev–Trinajstić information content (AvgIpc) is 2.17. The summed E-state index contributed by atoms with van der Waals surface area (Å²) < 4.78 is 0. The van der Waals surface area contributed by atoms with E-state index in [9.17, 15) is 4.79 Å². The maximum absolute atomic E-state index is 11.1. The molecular weight excluding hydrogens is 174 g/mol. The first-order chi connectivity index (χ1) is 5.10. The molecule has 2 nitrogen and oxygen atoms in total. The van der Waals surface area contributed by atoms with Gasteiger partial charge in [-0.3, -0.25) is 4.79 Å². The molecule has 0 radical (unpaired) electrons. The Morgan fingerprint density at radius 3 is 2.75 bits per heavy atom. The molecule has 1 amide bonds. The van der Waals surface area contributed by atoms with Crippen LogP contribution in [0.25, 0.3) is 0 Å². The zero-order valence-electron chi connectivity index (χ0n) is 7.59. The molecule has 0 spiro atoms. The second-order valence-electron chi connectivity index (χ2n) is 4.41. The number of amides is 1. The van der Waals surface area contributed by atoms with Crippen LogP contribution in [0, 0.1) is 11.3 Å². The Hall–Kier alpha value is -0.240. The SMILES string of the molecule is CC1(C)[C@H]2CCC(=O)N[C@@H]1C2.Cl. The van der Waals surface area contributed by atoms with Crippen molar-refractivity contribution in [2.24, 2.45) is 11.3 Å². The fraction of sp³-hybridized carbons (Fsp3) is 0.889. The third kappa shape index (κ3) is 1.22. The third-order valence-electron chi connectivity index (χ3n) is 3.53. The van der Waals surface area contributed by atoms with Gasteiger partial charge < -0.3 is 5.32 Å². The zero-order chi connectivity index (χ0) is 8.06. The summed E-state index contributed by atoms with van der Waals surface area (Å²) in [6.45, 7) is 4.52. The Kier molecular flexibility index (Phi) is 2.39. The van der Waals surface area contributed by atoms with E-state index in [1.54, 1.807) is 0 Å². The topological polar surface area (TPSA) is 29.1 Å². The molecule has 0 aromatic rings. The van der Waals surface area contributed by atoms with Gasteiger partial charge in [-0.1, -0.05) is 13.8 Å². The van der Waals surface area contributed by atoms with Crippen LogP contribution in [0.2, 0.25) is 0 Å². The number of carbonyl (C=O) groups is 1. The van der Waals surface area contributed by atoms with Gasteiger partial charge >= 0.3 is 0 Å². The standard InChI is InChI=1S/C9H15NO.ClH/c1-9(2)6-3-4-8(11)10-7(9)5-6;/h6-7H,3-5H2,1-2H3,(H,10,11);1H/t6-,7+;/m0./s1. The van der Waals surface area contributed by atoms with E-state index in [0.717, 1.165) is 18.8 Å². The van der Waals surface area contributed by atoms with Gasteiger partial charge in [0.05, 0.1) is 0 Å². The molecule has 1 saturated carbocycles. The van der Waals surface area contributed by atoms with Crippen molar-refractivity contribution in [1.82, 2.24) is 5.32 Å². The fourth-order valence-electron chi connectivity index (χ4n) is 2.32. The number of fused-ring (bicyclic) bond motifs is 3. The van der Waals surface area contributed by atoms with Gasteiger partial charge in [-0.05, 0) is 24.2 Å². The Bertz CT molecular complexity index is 203. The van der Waals surface area contributed by atoms with E-state index in [1.807, 2.05) is 0 Å². The summed E-state index contributed by atoms with van der Waals surface area (Å²) in [5.41, 5.74) is 0.367. The molecule has 2 bridgehead atoms. The monoisotopic (exact) mass is 189 g/mol. The predicted octanol–water partition coefficient (Wildman–Crippen LogP) is 1.73. The Balaban J connectivity index is 0.000000720. The van der Waals surface area contributed by atoms with Gasteiger partial charge in [0.25, 0.3) is 0 Å².